The molecule has 1 N–H and O–H groups in total. The minimum atomic E-state index is 0.0529. The summed E-state index contributed by atoms with van der Waals surface area (Å²) in [4.78, 5) is 14.4. The van der Waals surface area contributed by atoms with Crippen molar-refractivity contribution in [1.82, 2.24) is 14.7 Å². The number of urea groups is 1. The number of fused-ring (bicyclic) bond motifs is 1. The van der Waals surface area contributed by atoms with Crippen molar-refractivity contribution in [2.45, 2.75) is 45.1 Å². The molecule has 0 radical (unpaired) electrons. The molecule has 1 aliphatic heterocycles. The van der Waals surface area contributed by atoms with Gasteiger partial charge in [0.15, 0.2) is 0 Å². The number of amides is 2. The van der Waals surface area contributed by atoms with Crippen LogP contribution in [0.5, 0.6) is 0 Å². The quantitative estimate of drug-likeness (QED) is 0.889. The number of carbonyl (C=O) groups is 1. The fraction of sp³-hybridized carbons (Fsp3) is 0.714. The van der Waals surface area contributed by atoms with E-state index in [4.69, 9.17) is 0 Å². The number of hydrogen-bond acceptors (Lipinski definition) is 2. The van der Waals surface area contributed by atoms with Crippen LogP contribution < -0.4 is 5.32 Å². The molecule has 2 aliphatic rings. The zero-order valence-electron chi connectivity index (χ0n) is 11.7. The van der Waals surface area contributed by atoms with Crippen molar-refractivity contribution in [3.05, 3.63) is 11.9 Å². The van der Waals surface area contributed by atoms with E-state index in [1.165, 1.54) is 25.7 Å². The van der Waals surface area contributed by atoms with E-state index < -0.39 is 0 Å². The van der Waals surface area contributed by atoms with Crippen molar-refractivity contribution in [2.24, 2.45) is 13.0 Å². The Kier molecular flexibility index (Phi) is 3.21. The second-order valence-corrected chi connectivity index (χ2v) is 5.69. The van der Waals surface area contributed by atoms with E-state index in [1.807, 2.05) is 18.1 Å². The van der Waals surface area contributed by atoms with Gasteiger partial charge in [0.2, 0.25) is 0 Å². The van der Waals surface area contributed by atoms with Crippen LogP contribution in [0.15, 0.2) is 6.20 Å². The number of aromatic nitrogens is 2. The number of aryl methyl sites for hydroxylation is 2. The molecular formula is C14H22N4O. The Hall–Kier alpha value is -1.52. The molecule has 2 atom stereocenters. The van der Waals surface area contributed by atoms with E-state index in [0.717, 1.165) is 30.3 Å². The van der Waals surface area contributed by atoms with Gasteiger partial charge in [-0.1, -0.05) is 13.3 Å². The molecule has 0 bridgehead atoms. The fourth-order valence-corrected chi connectivity index (χ4v) is 3.57. The SMILES string of the molecule is CCc1nn(C)cc1NC(=O)N1CC[C@@H]2CCC[C@H]21. The molecule has 1 saturated carbocycles. The molecule has 19 heavy (non-hydrogen) atoms. The van der Waals surface area contributed by atoms with Crippen LogP contribution in [0.2, 0.25) is 0 Å². The summed E-state index contributed by atoms with van der Waals surface area (Å²) in [5.74, 6) is 0.741. The zero-order valence-corrected chi connectivity index (χ0v) is 11.7. The smallest absolute Gasteiger partial charge is 0.321 e. The molecule has 3 rings (SSSR count). The van der Waals surface area contributed by atoms with E-state index in [-0.39, 0.29) is 6.03 Å². The minimum absolute atomic E-state index is 0.0529. The van der Waals surface area contributed by atoms with Gasteiger partial charge in [-0.25, -0.2) is 4.79 Å². The summed E-state index contributed by atoms with van der Waals surface area (Å²) < 4.78 is 1.76. The Morgan fingerprint density at radius 3 is 3.11 bits per heavy atom. The third-order valence-electron chi connectivity index (χ3n) is 4.50. The molecule has 2 amide bonds. The first-order chi connectivity index (χ1) is 9.19. The highest BCUT2D eigenvalue weighted by molar-refractivity contribution is 5.90. The number of nitrogens with one attached hydrogen (secondary N) is 1. The standard InChI is InChI=1S/C14H22N4O/c1-3-11-12(9-17(2)16-11)15-14(19)18-8-7-10-5-4-6-13(10)18/h9-10,13H,3-8H2,1-2H3,(H,15,19)/t10-,13+/m0/s1. The van der Waals surface area contributed by atoms with Gasteiger partial charge in [-0.05, 0) is 31.6 Å². The molecule has 0 aromatic carbocycles. The van der Waals surface area contributed by atoms with Crippen molar-refractivity contribution < 1.29 is 4.79 Å². The average Bonchev–Trinajstić information content (AvgIpc) is 3.03. The maximum atomic E-state index is 12.4. The molecule has 2 fully saturated rings. The van der Waals surface area contributed by atoms with E-state index in [9.17, 15) is 4.79 Å². The summed E-state index contributed by atoms with van der Waals surface area (Å²) in [6.45, 7) is 2.96. The number of anilines is 1. The van der Waals surface area contributed by atoms with Gasteiger partial charge in [0.25, 0.3) is 0 Å². The molecule has 0 spiro atoms. The van der Waals surface area contributed by atoms with E-state index >= 15 is 0 Å². The van der Waals surface area contributed by atoms with E-state index in [1.54, 1.807) is 4.68 Å². The normalized spacial score (nSPS) is 25.7. The fourth-order valence-electron chi connectivity index (χ4n) is 3.57. The van der Waals surface area contributed by atoms with Gasteiger partial charge >= 0.3 is 6.03 Å². The van der Waals surface area contributed by atoms with Gasteiger partial charge < -0.3 is 10.2 Å². The lowest BCUT2D eigenvalue weighted by molar-refractivity contribution is 0.203. The van der Waals surface area contributed by atoms with Crippen LogP contribution in [0.3, 0.4) is 0 Å². The van der Waals surface area contributed by atoms with Crippen molar-refractivity contribution in [2.75, 3.05) is 11.9 Å². The van der Waals surface area contributed by atoms with Gasteiger partial charge in [0.05, 0.1) is 11.4 Å². The van der Waals surface area contributed by atoms with Crippen LogP contribution in [-0.2, 0) is 13.5 Å². The summed E-state index contributed by atoms with van der Waals surface area (Å²) in [5, 5.41) is 7.40. The Bertz CT molecular complexity index is 482. The lowest BCUT2D eigenvalue weighted by Gasteiger charge is -2.24. The third-order valence-corrected chi connectivity index (χ3v) is 4.50. The van der Waals surface area contributed by atoms with Crippen molar-refractivity contribution in [3.63, 3.8) is 0 Å². The molecule has 1 aliphatic carbocycles. The summed E-state index contributed by atoms with van der Waals surface area (Å²) in [5.41, 5.74) is 1.81. The molecular weight excluding hydrogens is 240 g/mol. The zero-order chi connectivity index (χ0) is 13.4. The highest BCUT2D eigenvalue weighted by atomic mass is 16.2. The molecule has 5 heteroatoms. The summed E-state index contributed by atoms with van der Waals surface area (Å²) >= 11 is 0. The van der Waals surface area contributed by atoms with Gasteiger partial charge in [-0.3, -0.25) is 4.68 Å². The van der Waals surface area contributed by atoms with Crippen LogP contribution in [0, 0.1) is 5.92 Å². The molecule has 5 nitrogen and oxygen atoms in total. The summed E-state index contributed by atoms with van der Waals surface area (Å²) in [7, 11) is 1.89. The first-order valence-electron chi connectivity index (χ1n) is 7.29. The number of likely N-dealkylation sites (tertiary alicyclic amines) is 1. The van der Waals surface area contributed by atoms with Crippen molar-refractivity contribution in [3.8, 4) is 0 Å². The molecule has 0 unspecified atom stereocenters. The van der Waals surface area contributed by atoms with Crippen LogP contribution in [0.4, 0.5) is 10.5 Å². The second-order valence-electron chi connectivity index (χ2n) is 5.69. The molecule has 2 heterocycles. The molecule has 1 aromatic rings. The Morgan fingerprint density at radius 2 is 2.32 bits per heavy atom. The lowest BCUT2D eigenvalue weighted by atomic mass is 10.1. The van der Waals surface area contributed by atoms with Crippen LogP contribution in [-0.4, -0.2) is 33.3 Å². The predicted molar refractivity (Wildman–Crippen MR) is 74.1 cm³/mol. The maximum Gasteiger partial charge on any atom is 0.322 e. The second kappa shape index (κ2) is 4.87. The minimum Gasteiger partial charge on any atom is -0.321 e. The molecule has 1 saturated heterocycles. The Labute approximate surface area is 114 Å². The van der Waals surface area contributed by atoms with Gasteiger partial charge in [0, 0.05) is 25.8 Å². The van der Waals surface area contributed by atoms with Crippen LogP contribution in [0.1, 0.15) is 38.3 Å². The number of carbonyl (C=O) groups excluding carboxylic acids is 1. The van der Waals surface area contributed by atoms with E-state index in [2.05, 4.69) is 17.3 Å². The Morgan fingerprint density at radius 1 is 1.47 bits per heavy atom. The maximum absolute atomic E-state index is 12.4. The summed E-state index contributed by atoms with van der Waals surface area (Å²) in [6, 6.07) is 0.527. The Balaban J connectivity index is 1.71. The summed E-state index contributed by atoms with van der Waals surface area (Å²) in [6.07, 6.45) is 7.63. The van der Waals surface area contributed by atoms with Crippen LogP contribution in [0.25, 0.3) is 0 Å². The largest absolute Gasteiger partial charge is 0.322 e. The van der Waals surface area contributed by atoms with E-state index in [0.29, 0.717) is 6.04 Å². The van der Waals surface area contributed by atoms with Gasteiger partial charge in [-0.2, -0.15) is 5.10 Å². The third kappa shape index (κ3) is 2.22. The van der Waals surface area contributed by atoms with Gasteiger partial charge in [0.1, 0.15) is 0 Å². The molecule has 104 valence electrons. The highest BCUT2D eigenvalue weighted by Gasteiger charge is 2.39. The highest BCUT2D eigenvalue weighted by Crippen LogP contribution is 2.37. The first-order valence-corrected chi connectivity index (χ1v) is 7.29. The topological polar surface area (TPSA) is 50.2 Å². The first kappa shape index (κ1) is 12.5. The van der Waals surface area contributed by atoms with Gasteiger partial charge in [-0.15, -0.1) is 0 Å². The van der Waals surface area contributed by atoms with Crippen molar-refractivity contribution >= 4 is 11.7 Å². The number of rotatable bonds is 2. The monoisotopic (exact) mass is 262 g/mol. The lowest BCUT2D eigenvalue weighted by Crippen LogP contribution is -2.39. The van der Waals surface area contributed by atoms with Crippen LogP contribution >= 0.6 is 0 Å². The predicted octanol–water partition coefficient (Wildman–Crippen LogP) is 2.39. The molecule has 1 aromatic heterocycles. The number of nitrogens with zero attached hydrogens (tertiary/aromatic N) is 3. The van der Waals surface area contributed by atoms with Crippen molar-refractivity contribution in [1.29, 1.82) is 0 Å². The average molecular weight is 262 g/mol. The number of hydrogen-bond donors (Lipinski definition) is 1.